The first-order valence-electron chi connectivity index (χ1n) is 8.28. The Kier molecular flexibility index (Phi) is 7.73. The molecule has 0 unspecified atom stereocenters. The van der Waals surface area contributed by atoms with Crippen molar-refractivity contribution in [2.45, 2.75) is 18.8 Å². The Hall–Kier alpha value is -2.69. The normalized spacial score (nSPS) is 13.4. The van der Waals surface area contributed by atoms with Crippen molar-refractivity contribution in [1.82, 2.24) is 10.3 Å². The van der Waals surface area contributed by atoms with Gasteiger partial charge in [0.05, 0.1) is 26.0 Å². The third-order valence-electron chi connectivity index (χ3n) is 3.67. The van der Waals surface area contributed by atoms with Crippen molar-refractivity contribution < 1.29 is 32.0 Å². The molecule has 0 saturated carbocycles. The number of ether oxygens (including phenoxy) is 2. The lowest BCUT2D eigenvalue weighted by Crippen LogP contribution is -2.43. The topological polar surface area (TPSA) is 124 Å². The molecule has 1 aromatic heterocycles. The van der Waals surface area contributed by atoms with Crippen molar-refractivity contribution in [3.63, 3.8) is 0 Å². The van der Waals surface area contributed by atoms with Crippen molar-refractivity contribution in [1.29, 1.82) is 0 Å². The number of aliphatic hydroxyl groups excluding tert-OH is 1. The Morgan fingerprint density at radius 2 is 1.93 bits per heavy atom. The summed E-state index contributed by atoms with van der Waals surface area (Å²) in [5.41, 5.74) is 1.12. The molecule has 2 atom stereocenters. The summed E-state index contributed by atoms with van der Waals surface area (Å²) in [6.07, 6.45) is 0.114. The van der Waals surface area contributed by atoms with Gasteiger partial charge in [-0.2, -0.15) is 8.42 Å². The van der Waals surface area contributed by atoms with E-state index < -0.39 is 35.0 Å². The van der Waals surface area contributed by atoms with E-state index in [2.05, 4.69) is 10.3 Å². The molecule has 9 nitrogen and oxygen atoms in total. The van der Waals surface area contributed by atoms with Gasteiger partial charge in [-0.1, -0.05) is 30.3 Å². The van der Waals surface area contributed by atoms with Gasteiger partial charge in [0.2, 0.25) is 5.88 Å². The summed E-state index contributed by atoms with van der Waals surface area (Å²) in [6, 6.07) is 11.0. The molecule has 10 heteroatoms. The summed E-state index contributed by atoms with van der Waals surface area (Å²) < 4.78 is 37.4. The number of methoxy groups -OCH3 is 1. The largest absolute Gasteiger partial charge is 0.481 e. The molecule has 0 bridgehead atoms. The first-order chi connectivity index (χ1) is 13.3. The number of carbonyl (C=O) groups is 1. The molecule has 0 radical (unpaired) electrons. The Morgan fingerprint density at radius 3 is 2.50 bits per heavy atom. The molecular weight excluding hydrogens is 388 g/mol. The van der Waals surface area contributed by atoms with Crippen molar-refractivity contribution in [2.24, 2.45) is 0 Å². The van der Waals surface area contributed by atoms with E-state index in [0.29, 0.717) is 11.4 Å². The van der Waals surface area contributed by atoms with Crippen molar-refractivity contribution >= 4 is 16.2 Å². The number of hydrogen-bond acceptors (Lipinski definition) is 8. The van der Waals surface area contributed by atoms with Crippen LogP contribution in [0, 0.1) is 0 Å². The molecule has 2 N–H and O–H groups in total. The maximum absolute atomic E-state index is 12.1. The molecule has 2 aromatic rings. The average Bonchev–Trinajstić information content (AvgIpc) is 2.69. The number of carbonyl (C=O) groups excluding carboxylic acids is 1. The molecule has 0 aliphatic heterocycles. The molecule has 28 heavy (non-hydrogen) atoms. The number of nitrogens with one attached hydrogen (secondary N) is 1. The molecule has 1 aromatic carbocycles. The Bertz CT molecular complexity index is 857. The fourth-order valence-corrected chi connectivity index (χ4v) is 2.64. The fraction of sp³-hybridized carbons (Fsp3) is 0.333. The molecule has 1 amide bonds. The van der Waals surface area contributed by atoms with Crippen LogP contribution in [0.5, 0.6) is 5.88 Å². The Labute approximate surface area is 163 Å². The van der Waals surface area contributed by atoms with Crippen LogP contribution in [0.25, 0.3) is 0 Å². The van der Waals surface area contributed by atoms with Gasteiger partial charge in [-0.05, 0) is 11.6 Å². The molecule has 0 saturated heterocycles. The number of nitrogens with zero attached hydrogens (tertiary/aromatic N) is 1. The maximum Gasteiger partial charge on any atom is 0.407 e. The maximum atomic E-state index is 12.1. The summed E-state index contributed by atoms with van der Waals surface area (Å²) >= 11 is 0. The number of benzene rings is 1. The monoisotopic (exact) mass is 410 g/mol. The van der Waals surface area contributed by atoms with Gasteiger partial charge in [0.1, 0.15) is 12.7 Å². The molecule has 2 rings (SSSR count). The molecule has 0 aliphatic carbocycles. The highest BCUT2D eigenvalue weighted by atomic mass is 32.2. The van der Waals surface area contributed by atoms with Gasteiger partial charge in [0.25, 0.3) is 10.1 Å². The summed E-state index contributed by atoms with van der Waals surface area (Å²) in [6.45, 7) is -0.459. The third-order valence-corrected chi connectivity index (χ3v) is 4.23. The van der Waals surface area contributed by atoms with Gasteiger partial charge in [-0.3, -0.25) is 4.18 Å². The highest BCUT2D eigenvalue weighted by Crippen LogP contribution is 2.19. The zero-order chi connectivity index (χ0) is 20.6. The van der Waals surface area contributed by atoms with Crippen LogP contribution in [-0.4, -0.2) is 50.6 Å². The first-order valence-corrected chi connectivity index (χ1v) is 10.1. The molecule has 0 aliphatic rings. The predicted octanol–water partition coefficient (Wildman–Crippen LogP) is 1.39. The fourth-order valence-electron chi connectivity index (χ4n) is 2.24. The van der Waals surface area contributed by atoms with Gasteiger partial charge in [0, 0.05) is 17.8 Å². The average molecular weight is 410 g/mol. The summed E-state index contributed by atoms with van der Waals surface area (Å²) in [5, 5.41) is 13.0. The Morgan fingerprint density at radius 1 is 1.21 bits per heavy atom. The number of hydrogen-bond donors (Lipinski definition) is 2. The zero-order valence-corrected chi connectivity index (χ0v) is 16.3. The number of pyridine rings is 1. The van der Waals surface area contributed by atoms with Crippen molar-refractivity contribution in [3.8, 4) is 5.88 Å². The number of amides is 1. The summed E-state index contributed by atoms with van der Waals surface area (Å²) in [5.74, 6) is 0.343. The van der Waals surface area contributed by atoms with E-state index in [9.17, 15) is 18.3 Å². The minimum absolute atomic E-state index is 0.0204. The number of rotatable bonds is 9. The van der Waals surface area contributed by atoms with Crippen molar-refractivity contribution in [2.75, 3.05) is 20.0 Å². The van der Waals surface area contributed by atoms with E-state index in [-0.39, 0.29) is 6.61 Å². The van der Waals surface area contributed by atoms with Crippen molar-refractivity contribution in [3.05, 3.63) is 59.8 Å². The lowest BCUT2D eigenvalue weighted by Gasteiger charge is -2.23. The third kappa shape index (κ3) is 7.14. The van der Waals surface area contributed by atoms with Crippen LogP contribution in [0.4, 0.5) is 4.79 Å². The zero-order valence-electron chi connectivity index (χ0n) is 15.4. The van der Waals surface area contributed by atoms with Gasteiger partial charge < -0.3 is 19.9 Å². The standard InChI is InChI=1S/C18H22N2O7S/c1-25-16-9-8-14(10-19-16)17(21)15(12-27-28(2,23)24)20-18(22)26-11-13-6-4-3-5-7-13/h3-10,15,17,21H,11-12H2,1-2H3,(H,20,22)/t15-,17-/m1/s1. The van der Waals surface area contributed by atoms with Gasteiger partial charge in [0.15, 0.2) is 0 Å². The highest BCUT2D eigenvalue weighted by Gasteiger charge is 2.26. The molecule has 0 fully saturated rings. The van der Waals surface area contributed by atoms with Gasteiger partial charge in [-0.25, -0.2) is 9.78 Å². The van der Waals surface area contributed by atoms with Crippen LogP contribution in [-0.2, 0) is 25.6 Å². The minimum Gasteiger partial charge on any atom is -0.481 e. The minimum atomic E-state index is -3.78. The second-order valence-electron chi connectivity index (χ2n) is 5.88. The molecule has 0 spiro atoms. The molecule has 152 valence electrons. The highest BCUT2D eigenvalue weighted by molar-refractivity contribution is 7.85. The lowest BCUT2D eigenvalue weighted by atomic mass is 10.1. The van der Waals surface area contributed by atoms with Crippen LogP contribution >= 0.6 is 0 Å². The second-order valence-corrected chi connectivity index (χ2v) is 7.52. The SMILES string of the molecule is COc1ccc([C@@H](O)[C@@H](COS(C)(=O)=O)NC(=O)OCc2ccccc2)cn1. The van der Waals surface area contributed by atoms with E-state index >= 15 is 0 Å². The van der Waals surface area contributed by atoms with Gasteiger partial charge >= 0.3 is 6.09 Å². The quantitative estimate of drug-likeness (QED) is 0.595. The summed E-state index contributed by atoms with van der Waals surface area (Å²) in [4.78, 5) is 16.1. The molecular formula is C18H22N2O7S. The van der Waals surface area contributed by atoms with Crippen LogP contribution in [0.2, 0.25) is 0 Å². The van der Waals surface area contributed by atoms with Crippen LogP contribution in [0.1, 0.15) is 17.2 Å². The lowest BCUT2D eigenvalue weighted by molar-refractivity contribution is 0.0826. The first kappa shape index (κ1) is 21.6. The molecule has 1 heterocycles. The predicted molar refractivity (Wildman–Crippen MR) is 100 cm³/mol. The van der Waals surface area contributed by atoms with E-state index in [4.69, 9.17) is 13.7 Å². The van der Waals surface area contributed by atoms with Crippen LogP contribution in [0.3, 0.4) is 0 Å². The second kappa shape index (κ2) is 10.0. The summed E-state index contributed by atoms with van der Waals surface area (Å²) in [7, 11) is -2.33. The van der Waals surface area contributed by atoms with E-state index in [1.807, 2.05) is 6.07 Å². The Balaban J connectivity index is 2.05. The number of alkyl carbamates (subject to hydrolysis) is 1. The van der Waals surface area contributed by atoms with E-state index in [1.165, 1.54) is 19.4 Å². The van der Waals surface area contributed by atoms with Crippen LogP contribution < -0.4 is 10.1 Å². The number of aromatic nitrogens is 1. The van der Waals surface area contributed by atoms with Gasteiger partial charge in [-0.15, -0.1) is 0 Å². The number of aliphatic hydroxyl groups is 1. The smallest absolute Gasteiger partial charge is 0.407 e. The van der Waals surface area contributed by atoms with Crippen LogP contribution in [0.15, 0.2) is 48.7 Å². The van der Waals surface area contributed by atoms with E-state index in [0.717, 1.165) is 11.8 Å². The van der Waals surface area contributed by atoms with E-state index in [1.54, 1.807) is 30.3 Å².